The van der Waals surface area contributed by atoms with E-state index in [9.17, 15) is 14.4 Å². The summed E-state index contributed by atoms with van der Waals surface area (Å²) in [5.74, 6) is -0.00211. The molecule has 3 aromatic rings. The minimum atomic E-state index is -0.598. The number of nitrogens with one attached hydrogen (secondary N) is 2. The average molecular weight is 485 g/mol. The van der Waals surface area contributed by atoms with E-state index in [1.165, 1.54) is 22.0 Å². The van der Waals surface area contributed by atoms with Gasteiger partial charge in [0.15, 0.2) is 0 Å². The number of carbonyl (C=O) groups excluding carboxylic acids is 3. The second kappa shape index (κ2) is 7.93. The molecule has 2 fully saturated rings. The van der Waals surface area contributed by atoms with E-state index in [1.807, 2.05) is 12.3 Å². The molecule has 0 saturated carbocycles. The summed E-state index contributed by atoms with van der Waals surface area (Å²) in [6, 6.07) is 12.0. The summed E-state index contributed by atoms with van der Waals surface area (Å²) in [5, 5.41) is 3.62. The van der Waals surface area contributed by atoms with Gasteiger partial charge >= 0.3 is 0 Å². The third-order valence-electron chi connectivity index (χ3n) is 8.58. The lowest BCUT2D eigenvalue weighted by atomic mass is 9.74. The molecule has 3 amide bonds. The number of ether oxygens (including phenoxy) is 1. The van der Waals surface area contributed by atoms with Crippen LogP contribution in [0.4, 0.5) is 0 Å². The highest BCUT2D eigenvalue weighted by Gasteiger charge is 2.46. The summed E-state index contributed by atoms with van der Waals surface area (Å²) < 4.78 is 6.16. The van der Waals surface area contributed by atoms with E-state index in [2.05, 4.69) is 45.5 Å². The van der Waals surface area contributed by atoms with Crippen molar-refractivity contribution in [2.75, 3.05) is 19.7 Å². The number of rotatable bonds is 3. The first-order valence-electron chi connectivity index (χ1n) is 12.7. The van der Waals surface area contributed by atoms with Crippen LogP contribution in [0.1, 0.15) is 52.7 Å². The molecular weight excluding hydrogens is 456 g/mol. The maximum atomic E-state index is 13.2. The van der Waals surface area contributed by atoms with Crippen molar-refractivity contribution in [2.24, 2.45) is 0 Å². The molecule has 7 rings (SSSR count). The summed E-state index contributed by atoms with van der Waals surface area (Å²) in [4.78, 5) is 44.6. The Labute approximate surface area is 208 Å². The van der Waals surface area contributed by atoms with Crippen LogP contribution in [0.2, 0.25) is 0 Å². The predicted molar refractivity (Wildman–Crippen MR) is 132 cm³/mol. The smallest absolute Gasteiger partial charge is 0.255 e. The van der Waals surface area contributed by atoms with E-state index in [0.717, 1.165) is 43.8 Å². The number of imide groups is 1. The number of para-hydroxylation sites is 1. The molecule has 0 bridgehead atoms. The van der Waals surface area contributed by atoms with Crippen LogP contribution in [0.25, 0.3) is 10.9 Å². The number of aromatic amines is 1. The van der Waals surface area contributed by atoms with Gasteiger partial charge in [0, 0.05) is 47.8 Å². The van der Waals surface area contributed by atoms with Gasteiger partial charge in [-0.2, -0.15) is 0 Å². The topological polar surface area (TPSA) is 94.7 Å². The van der Waals surface area contributed by atoms with Gasteiger partial charge in [-0.05, 0) is 67.1 Å². The van der Waals surface area contributed by atoms with E-state index in [-0.39, 0.29) is 29.6 Å². The molecule has 8 heteroatoms. The normalized spacial score (nSPS) is 23.2. The minimum Gasteiger partial charge on any atom is -0.492 e. The number of H-pyrrole nitrogens is 1. The molecule has 1 atom stereocenters. The highest BCUT2D eigenvalue weighted by Crippen LogP contribution is 2.48. The zero-order chi connectivity index (χ0) is 24.4. The number of piperidine rings is 2. The first-order valence-corrected chi connectivity index (χ1v) is 12.7. The van der Waals surface area contributed by atoms with Crippen molar-refractivity contribution >= 4 is 28.6 Å². The lowest BCUT2D eigenvalue weighted by molar-refractivity contribution is -0.136. The summed E-state index contributed by atoms with van der Waals surface area (Å²) in [6.07, 6.45) is 4.63. The number of nitrogens with zero attached hydrogens (tertiary/aromatic N) is 2. The Morgan fingerprint density at radius 2 is 1.94 bits per heavy atom. The van der Waals surface area contributed by atoms with Crippen LogP contribution < -0.4 is 10.1 Å². The van der Waals surface area contributed by atoms with Crippen LogP contribution in [0, 0.1) is 0 Å². The van der Waals surface area contributed by atoms with Crippen LogP contribution in [0.5, 0.6) is 5.75 Å². The van der Waals surface area contributed by atoms with Crippen molar-refractivity contribution in [3.63, 3.8) is 0 Å². The number of carbonyl (C=O) groups is 3. The Bertz CT molecular complexity index is 1420. The second-order valence-electron chi connectivity index (χ2n) is 10.6. The summed E-state index contributed by atoms with van der Waals surface area (Å²) >= 11 is 0. The summed E-state index contributed by atoms with van der Waals surface area (Å²) in [7, 11) is 0. The maximum Gasteiger partial charge on any atom is 0.255 e. The number of benzene rings is 2. The average Bonchev–Trinajstić information content (AvgIpc) is 3.57. The van der Waals surface area contributed by atoms with Crippen molar-refractivity contribution in [3.05, 3.63) is 64.8 Å². The third-order valence-corrected chi connectivity index (χ3v) is 8.58. The largest absolute Gasteiger partial charge is 0.492 e. The van der Waals surface area contributed by atoms with E-state index < -0.39 is 6.04 Å². The van der Waals surface area contributed by atoms with Gasteiger partial charge in [0.05, 0.1) is 6.61 Å². The highest BCUT2D eigenvalue weighted by molar-refractivity contribution is 6.05. The number of fused-ring (bicyclic) bond motifs is 4. The zero-order valence-corrected chi connectivity index (χ0v) is 20.0. The molecule has 0 aliphatic carbocycles. The van der Waals surface area contributed by atoms with E-state index >= 15 is 0 Å². The molecule has 4 aliphatic heterocycles. The van der Waals surface area contributed by atoms with Crippen molar-refractivity contribution in [1.29, 1.82) is 0 Å². The Morgan fingerprint density at radius 3 is 2.78 bits per heavy atom. The van der Waals surface area contributed by atoms with Gasteiger partial charge in [-0.25, -0.2) is 0 Å². The van der Waals surface area contributed by atoms with E-state index in [4.69, 9.17) is 4.74 Å². The number of likely N-dealkylation sites (tertiary alicyclic amines) is 1. The van der Waals surface area contributed by atoms with Crippen LogP contribution in [-0.2, 0) is 28.1 Å². The Balaban J connectivity index is 1.09. The van der Waals surface area contributed by atoms with Gasteiger partial charge in [0.1, 0.15) is 11.8 Å². The molecule has 2 saturated heterocycles. The number of amides is 3. The molecule has 1 aromatic heterocycles. The van der Waals surface area contributed by atoms with Crippen molar-refractivity contribution in [1.82, 2.24) is 20.1 Å². The zero-order valence-electron chi connectivity index (χ0n) is 20.0. The predicted octanol–water partition coefficient (Wildman–Crippen LogP) is 2.86. The third kappa shape index (κ3) is 3.27. The molecule has 0 radical (unpaired) electrons. The molecular formula is C28H28N4O4. The van der Waals surface area contributed by atoms with Gasteiger partial charge in [-0.1, -0.05) is 18.2 Å². The molecule has 8 nitrogen and oxygen atoms in total. The van der Waals surface area contributed by atoms with E-state index in [0.29, 0.717) is 25.1 Å². The minimum absolute atomic E-state index is 0.0373. The van der Waals surface area contributed by atoms with Gasteiger partial charge in [-0.3, -0.25) is 24.6 Å². The SMILES string of the molecule is O=C1CCC(N2Cc3cc4c(cc3C2=O)OCC42CCN(Cc3cccc4cc[nH]c34)CC2)C(=O)N1. The number of aromatic nitrogens is 1. The molecule has 5 heterocycles. The molecule has 2 aromatic carbocycles. The molecule has 2 N–H and O–H groups in total. The van der Waals surface area contributed by atoms with Gasteiger partial charge in [0.2, 0.25) is 11.8 Å². The lowest BCUT2D eigenvalue weighted by Gasteiger charge is -2.38. The number of hydrogen-bond acceptors (Lipinski definition) is 5. The first kappa shape index (κ1) is 21.6. The second-order valence-corrected chi connectivity index (χ2v) is 10.6. The highest BCUT2D eigenvalue weighted by atomic mass is 16.5. The molecule has 184 valence electrons. The Morgan fingerprint density at radius 1 is 1.08 bits per heavy atom. The Kier molecular flexibility index (Phi) is 4.76. The standard InChI is InChI=1S/C28H28N4O4/c33-24-5-4-22(26(34)30-24)32-15-19-12-21-23(13-20(19)27(32)35)36-16-28(21)7-10-31(11-8-28)14-18-3-1-2-17-6-9-29-25(17)18/h1-3,6,9,12-13,22,29H,4-5,7-8,10-11,14-16H2,(H,30,33,34). The van der Waals surface area contributed by atoms with Crippen LogP contribution in [-0.4, -0.2) is 58.2 Å². The lowest BCUT2D eigenvalue weighted by Crippen LogP contribution is -2.52. The number of hydrogen-bond donors (Lipinski definition) is 2. The van der Waals surface area contributed by atoms with Gasteiger partial charge in [0.25, 0.3) is 5.91 Å². The van der Waals surface area contributed by atoms with Gasteiger partial charge in [-0.15, -0.1) is 0 Å². The maximum absolute atomic E-state index is 13.2. The van der Waals surface area contributed by atoms with Crippen molar-refractivity contribution in [2.45, 2.75) is 50.2 Å². The molecule has 36 heavy (non-hydrogen) atoms. The van der Waals surface area contributed by atoms with Gasteiger partial charge < -0.3 is 14.6 Å². The molecule has 1 unspecified atom stereocenters. The first-order chi connectivity index (χ1) is 17.5. The van der Waals surface area contributed by atoms with E-state index in [1.54, 1.807) is 4.90 Å². The quantitative estimate of drug-likeness (QED) is 0.558. The Hall–Kier alpha value is -3.65. The fourth-order valence-corrected chi connectivity index (χ4v) is 6.50. The molecule has 1 spiro atoms. The summed E-state index contributed by atoms with van der Waals surface area (Å²) in [5.41, 5.74) is 5.27. The fraction of sp³-hybridized carbons (Fsp3) is 0.393. The van der Waals surface area contributed by atoms with Crippen molar-refractivity contribution in [3.8, 4) is 5.75 Å². The van der Waals surface area contributed by atoms with Crippen LogP contribution in [0.3, 0.4) is 0 Å². The molecule has 4 aliphatic rings. The van der Waals surface area contributed by atoms with Crippen LogP contribution >= 0.6 is 0 Å². The monoisotopic (exact) mass is 484 g/mol. The fourth-order valence-electron chi connectivity index (χ4n) is 6.50. The van der Waals surface area contributed by atoms with Crippen molar-refractivity contribution < 1.29 is 19.1 Å². The van der Waals surface area contributed by atoms with Crippen LogP contribution in [0.15, 0.2) is 42.6 Å². The summed E-state index contributed by atoms with van der Waals surface area (Å²) in [6.45, 7) is 3.93.